The van der Waals surface area contributed by atoms with Gasteiger partial charge in [-0.05, 0) is 18.2 Å². The van der Waals surface area contributed by atoms with Crippen molar-refractivity contribution < 1.29 is 23.1 Å². The highest BCUT2D eigenvalue weighted by Crippen LogP contribution is 2.21. The van der Waals surface area contributed by atoms with E-state index in [0.29, 0.717) is 0 Å². The predicted molar refractivity (Wildman–Crippen MR) is 52.7 cm³/mol. The van der Waals surface area contributed by atoms with Crippen molar-refractivity contribution in [2.75, 3.05) is 18.5 Å². The molecule has 0 aliphatic carbocycles. The Hall–Kier alpha value is -1.72. The van der Waals surface area contributed by atoms with Gasteiger partial charge in [0.1, 0.15) is 6.54 Å². The summed E-state index contributed by atoms with van der Waals surface area (Å²) in [6, 6.07) is 5.37. The van der Waals surface area contributed by atoms with Gasteiger partial charge in [0.15, 0.2) is 0 Å². The lowest BCUT2D eigenvalue weighted by Crippen LogP contribution is -2.30. The molecule has 0 heterocycles. The summed E-state index contributed by atoms with van der Waals surface area (Å²) in [6.07, 6.45) is -4.31. The van der Waals surface area contributed by atoms with E-state index in [9.17, 15) is 18.0 Å². The van der Waals surface area contributed by atoms with Gasteiger partial charge in [-0.15, -0.1) is 0 Å². The predicted octanol–water partition coefficient (Wildman–Crippen LogP) is 2.38. The van der Waals surface area contributed by atoms with Crippen LogP contribution in [0.2, 0.25) is 0 Å². The number of halogens is 3. The first-order valence-corrected chi connectivity index (χ1v) is 4.41. The number of rotatable bonds is 3. The normalized spacial score (nSPS) is 11.2. The Bertz CT molecular complexity index is 390. The molecule has 88 valence electrons. The second kappa shape index (κ2) is 4.42. The molecule has 0 saturated carbocycles. The minimum Gasteiger partial charge on any atom is -0.478 e. The van der Waals surface area contributed by atoms with Gasteiger partial charge in [0.05, 0.1) is 5.56 Å². The zero-order valence-electron chi connectivity index (χ0n) is 8.45. The first kappa shape index (κ1) is 12.4. The third-order valence-electron chi connectivity index (χ3n) is 1.95. The standard InChI is InChI=1S/C10H10F3NO2/c1-14(6-10(11,12)13)8-4-2-3-7(5-8)9(15)16/h2-5H,6H2,1H3,(H,15,16). The van der Waals surface area contributed by atoms with Crippen LogP contribution < -0.4 is 4.90 Å². The summed E-state index contributed by atoms with van der Waals surface area (Å²) in [7, 11) is 1.26. The summed E-state index contributed by atoms with van der Waals surface area (Å²) in [6.45, 7) is -1.12. The van der Waals surface area contributed by atoms with E-state index in [4.69, 9.17) is 5.11 Å². The summed E-state index contributed by atoms with van der Waals surface area (Å²) < 4.78 is 36.3. The van der Waals surface area contributed by atoms with Crippen LogP contribution >= 0.6 is 0 Å². The number of benzene rings is 1. The smallest absolute Gasteiger partial charge is 0.405 e. The lowest BCUT2D eigenvalue weighted by Gasteiger charge is -2.21. The maximum absolute atomic E-state index is 12.1. The van der Waals surface area contributed by atoms with E-state index in [1.165, 1.54) is 31.3 Å². The fourth-order valence-corrected chi connectivity index (χ4v) is 1.24. The van der Waals surface area contributed by atoms with Crippen molar-refractivity contribution in [3.8, 4) is 0 Å². The Labute approximate surface area is 90.1 Å². The number of anilines is 1. The molecule has 0 fully saturated rings. The third-order valence-corrected chi connectivity index (χ3v) is 1.95. The number of carboxylic acid groups (broad SMARTS) is 1. The van der Waals surface area contributed by atoms with Gasteiger partial charge in [-0.2, -0.15) is 13.2 Å². The van der Waals surface area contributed by atoms with Crippen LogP contribution in [0.5, 0.6) is 0 Å². The molecule has 0 atom stereocenters. The monoisotopic (exact) mass is 233 g/mol. The highest BCUT2D eigenvalue weighted by Gasteiger charge is 2.29. The topological polar surface area (TPSA) is 40.5 Å². The van der Waals surface area contributed by atoms with Crippen LogP contribution in [-0.2, 0) is 0 Å². The summed E-state index contributed by atoms with van der Waals surface area (Å²) in [4.78, 5) is 11.6. The van der Waals surface area contributed by atoms with Crippen molar-refractivity contribution in [1.29, 1.82) is 0 Å². The van der Waals surface area contributed by atoms with Crippen LogP contribution in [0.15, 0.2) is 24.3 Å². The molecule has 0 spiro atoms. The molecule has 1 aromatic rings. The Kier molecular flexibility index (Phi) is 3.41. The zero-order chi connectivity index (χ0) is 12.3. The largest absolute Gasteiger partial charge is 0.478 e. The minimum absolute atomic E-state index is 0.0356. The van der Waals surface area contributed by atoms with Crippen LogP contribution in [0, 0.1) is 0 Å². The number of carboxylic acids is 1. The lowest BCUT2D eigenvalue weighted by molar-refractivity contribution is -0.119. The van der Waals surface area contributed by atoms with E-state index in [2.05, 4.69) is 0 Å². The first-order valence-electron chi connectivity index (χ1n) is 4.41. The van der Waals surface area contributed by atoms with E-state index in [-0.39, 0.29) is 11.3 Å². The first-order chi connectivity index (χ1) is 7.29. The third kappa shape index (κ3) is 3.45. The maximum Gasteiger partial charge on any atom is 0.405 e. The summed E-state index contributed by atoms with van der Waals surface area (Å²) in [5.41, 5.74) is 0.184. The van der Waals surface area contributed by atoms with Crippen molar-refractivity contribution in [1.82, 2.24) is 0 Å². The molecule has 1 N–H and O–H groups in total. The Morgan fingerprint density at radius 3 is 2.56 bits per heavy atom. The molecule has 0 saturated heterocycles. The zero-order valence-corrected chi connectivity index (χ0v) is 8.45. The summed E-state index contributed by atoms with van der Waals surface area (Å²) in [5.74, 6) is -1.16. The Morgan fingerprint density at radius 2 is 2.06 bits per heavy atom. The SMILES string of the molecule is CN(CC(F)(F)F)c1cccc(C(=O)O)c1. The van der Waals surface area contributed by atoms with Crippen LogP contribution in [0.1, 0.15) is 10.4 Å². The van der Waals surface area contributed by atoms with Gasteiger partial charge in [-0.25, -0.2) is 4.79 Å². The van der Waals surface area contributed by atoms with Crippen LogP contribution in [0.3, 0.4) is 0 Å². The van der Waals surface area contributed by atoms with Gasteiger partial charge >= 0.3 is 12.1 Å². The molecule has 1 aromatic carbocycles. The van der Waals surface area contributed by atoms with E-state index in [1.807, 2.05) is 0 Å². The van der Waals surface area contributed by atoms with Gasteiger partial charge in [-0.1, -0.05) is 6.07 Å². The number of nitrogens with zero attached hydrogens (tertiary/aromatic N) is 1. The molecular weight excluding hydrogens is 223 g/mol. The molecule has 0 amide bonds. The second-order valence-electron chi connectivity index (χ2n) is 3.33. The average Bonchev–Trinajstić information content (AvgIpc) is 2.15. The molecule has 0 aromatic heterocycles. The number of aromatic carboxylic acids is 1. The van der Waals surface area contributed by atoms with Gasteiger partial charge in [0.2, 0.25) is 0 Å². The highest BCUT2D eigenvalue weighted by molar-refractivity contribution is 5.88. The number of carbonyl (C=O) groups is 1. The van der Waals surface area contributed by atoms with E-state index < -0.39 is 18.7 Å². The average molecular weight is 233 g/mol. The van der Waals surface area contributed by atoms with Crippen molar-refractivity contribution in [2.24, 2.45) is 0 Å². The number of hydrogen-bond donors (Lipinski definition) is 1. The molecular formula is C10H10F3NO2. The number of hydrogen-bond acceptors (Lipinski definition) is 2. The highest BCUT2D eigenvalue weighted by atomic mass is 19.4. The molecule has 0 unspecified atom stereocenters. The van der Waals surface area contributed by atoms with Gasteiger partial charge < -0.3 is 10.0 Å². The van der Waals surface area contributed by atoms with Crippen molar-refractivity contribution in [3.05, 3.63) is 29.8 Å². The quantitative estimate of drug-likeness (QED) is 0.871. The van der Waals surface area contributed by atoms with E-state index >= 15 is 0 Å². The molecule has 0 aliphatic rings. The minimum atomic E-state index is -4.31. The second-order valence-corrected chi connectivity index (χ2v) is 3.33. The molecule has 3 nitrogen and oxygen atoms in total. The van der Waals surface area contributed by atoms with Crippen LogP contribution in [-0.4, -0.2) is 30.8 Å². The molecule has 16 heavy (non-hydrogen) atoms. The maximum atomic E-state index is 12.1. The summed E-state index contributed by atoms with van der Waals surface area (Å²) >= 11 is 0. The lowest BCUT2D eigenvalue weighted by atomic mass is 10.2. The Balaban J connectivity index is 2.87. The molecule has 1 rings (SSSR count). The Morgan fingerprint density at radius 1 is 1.44 bits per heavy atom. The van der Waals surface area contributed by atoms with Crippen molar-refractivity contribution >= 4 is 11.7 Å². The van der Waals surface area contributed by atoms with Gasteiger partial charge in [0.25, 0.3) is 0 Å². The fourth-order valence-electron chi connectivity index (χ4n) is 1.24. The van der Waals surface area contributed by atoms with Gasteiger partial charge in [-0.3, -0.25) is 0 Å². The van der Waals surface area contributed by atoms with E-state index in [0.717, 1.165) is 4.90 Å². The van der Waals surface area contributed by atoms with Crippen molar-refractivity contribution in [3.63, 3.8) is 0 Å². The van der Waals surface area contributed by atoms with E-state index in [1.54, 1.807) is 0 Å². The molecule has 0 aliphatic heterocycles. The molecule has 6 heteroatoms. The van der Waals surface area contributed by atoms with Crippen LogP contribution in [0.4, 0.5) is 18.9 Å². The van der Waals surface area contributed by atoms with Gasteiger partial charge in [0, 0.05) is 12.7 Å². The fraction of sp³-hybridized carbons (Fsp3) is 0.300. The number of alkyl halides is 3. The van der Waals surface area contributed by atoms with Crippen LogP contribution in [0.25, 0.3) is 0 Å². The summed E-state index contributed by atoms with van der Waals surface area (Å²) in [5, 5.41) is 8.68. The van der Waals surface area contributed by atoms with Crippen molar-refractivity contribution in [2.45, 2.75) is 6.18 Å². The molecule has 0 radical (unpaired) electrons. The molecule has 0 bridgehead atoms.